The normalized spacial score (nSPS) is 14.6. The molecule has 0 saturated heterocycles. The molecule has 2 nitrogen and oxygen atoms in total. The molecule has 21 heavy (non-hydrogen) atoms. The highest BCUT2D eigenvalue weighted by molar-refractivity contribution is 5.52. The van der Waals surface area contributed by atoms with E-state index in [1.165, 1.54) is 41.6 Å². The highest BCUT2D eigenvalue weighted by atomic mass is 16.5. The number of rotatable bonds is 5. The lowest BCUT2D eigenvalue weighted by Crippen LogP contribution is -2.09. The Kier molecular flexibility index (Phi) is 4.14. The van der Waals surface area contributed by atoms with Gasteiger partial charge in [-0.2, -0.15) is 0 Å². The molecule has 0 fully saturated rings. The van der Waals surface area contributed by atoms with Gasteiger partial charge in [-0.3, -0.25) is 0 Å². The number of para-hydroxylation sites is 1. The third-order valence-corrected chi connectivity index (χ3v) is 4.17. The van der Waals surface area contributed by atoms with Crippen LogP contribution in [0.2, 0.25) is 0 Å². The predicted octanol–water partition coefficient (Wildman–Crippen LogP) is 4.75. The van der Waals surface area contributed by atoms with Crippen LogP contribution in [-0.2, 0) is 12.8 Å². The van der Waals surface area contributed by atoms with Crippen LogP contribution in [-0.4, -0.2) is 6.61 Å². The lowest BCUT2D eigenvalue weighted by atomic mass is 10.1. The minimum atomic E-state index is 0.229. The monoisotopic (exact) mass is 281 g/mol. The number of nitrogens with one attached hydrogen (secondary N) is 1. The lowest BCUT2D eigenvalue weighted by molar-refractivity contribution is 0.335. The highest BCUT2D eigenvalue weighted by Crippen LogP contribution is 2.30. The molecule has 0 spiro atoms. The quantitative estimate of drug-likeness (QED) is 0.854. The second-order valence-electron chi connectivity index (χ2n) is 5.67. The van der Waals surface area contributed by atoms with E-state index in [9.17, 15) is 0 Å². The summed E-state index contributed by atoms with van der Waals surface area (Å²) in [5.74, 6) is 0.973. The van der Waals surface area contributed by atoms with Crippen molar-refractivity contribution >= 4 is 5.69 Å². The maximum Gasteiger partial charge on any atom is 0.124 e. The van der Waals surface area contributed by atoms with Crippen molar-refractivity contribution in [2.75, 3.05) is 11.9 Å². The summed E-state index contributed by atoms with van der Waals surface area (Å²) in [5.41, 5.74) is 5.43. The van der Waals surface area contributed by atoms with E-state index >= 15 is 0 Å². The Labute approximate surface area is 127 Å². The Bertz CT molecular complexity index is 621. The fourth-order valence-electron chi connectivity index (χ4n) is 3.11. The van der Waals surface area contributed by atoms with Crippen LogP contribution < -0.4 is 10.1 Å². The smallest absolute Gasteiger partial charge is 0.124 e. The van der Waals surface area contributed by atoms with Crippen molar-refractivity contribution < 1.29 is 4.74 Å². The fraction of sp³-hybridized carbons (Fsp3) is 0.368. The molecule has 0 bridgehead atoms. The number of anilines is 1. The number of fused-ring (bicyclic) bond motifs is 1. The molecule has 0 saturated carbocycles. The van der Waals surface area contributed by atoms with Gasteiger partial charge in [0.15, 0.2) is 0 Å². The zero-order chi connectivity index (χ0) is 14.7. The van der Waals surface area contributed by atoms with E-state index in [-0.39, 0.29) is 6.04 Å². The predicted molar refractivity (Wildman–Crippen MR) is 88.1 cm³/mol. The van der Waals surface area contributed by atoms with Gasteiger partial charge < -0.3 is 10.1 Å². The molecule has 2 aromatic rings. The van der Waals surface area contributed by atoms with Gasteiger partial charge in [-0.25, -0.2) is 0 Å². The number of benzene rings is 2. The zero-order valence-corrected chi connectivity index (χ0v) is 12.9. The standard InChI is InChI=1S/C19H23NO/c1-3-21-19-10-5-4-9-18(19)14(2)20-17-12-11-15-7-6-8-16(15)13-17/h4-5,9-14,20H,3,6-8H2,1-2H3. The van der Waals surface area contributed by atoms with Crippen molar-refractivity contribution in [1.29, 1.82) is 0 Å². The van der Waals surface area contributed by atoms with Crippen LogP contribution in [0.15, 0.2) is 42.5 Å². The second-order valence-corrected chi connectivity index (χ2v) is 5.67. The van der Waals surface area contributed by atoms with Crippen molar-refractivity contribution in [3.05, 3.63) is 59.2 Å². The molecular formula is C19H23NO. The Morgan fingerprint density at radius 2 is 1.90 bits per heavy atom. The zero-order valence-electron chi connectivity index (χ0n) is 12.9. The van der Waals surface area contributed by atoms with Crippen molar-refractivity contribution in [3.8, 4) is 5.75 Å². The first-order valence-electron chi connectivity index (χ1n) is 7.88. The molecule has 0 heterocycles. The second kappa shape index (κ2) is 6.21. The highest BCUT2D eigenvalue weighted by Gasteiger charge is 2.14. The molecule has 0 radical (unpaired) electrons. The molecule has 1 unspecified atom stereocenters. The van der Waals surface area contributed by atoms with Crippen molar-refractivity contribution in [2.45, 2.75) is 39.2 Å². The van der Waals surface area contributed by atoms with E-state index in [0.29, 0.717) is 6.61 Å². The Morgan fingerprint density at radius 3 is 2.76 bits per heavy atom. The van der Waals surface area contributed by atoms with Gasteiger partial charge in [0.1, 0.15) is 5.75 Å². The molecule has 1 aliphatic rings. The third kappa shape index (κ3) is 3.05. The Balaban J connectivity index is 1.78. The summed E-state index contributed by atoms with van der Waals surface area (Å²) in [4.78, 5) is 0. The van der Waals surface area contributed by atoms with Gasteiger partial charge in [-0.15, -0.1) is 0 Å². The minimum Gasteiger partial charge on any atom is -0.494 e. The fourth-order valence-corrected chi connectivity index (χ4v) is 3.11. The Morgan fingerprint density at radius 1 is 1.10 bits per heavy atom. The van der Waals surface area contributed by atoms with Gasteiger partial charge in [-0.1, -0.05) is 24.3 Å². The third-order valence-electron chi connectivity index (χ3n) is 4.17. The summed E-state index contributed by atoms with van der Waals surface area (Å²) in [7, 11) is 0. The molecular weight excluding hydrogens is 258 g/mol. The number of hydrogen-bond acceptors (Lipinski definition) is 2. The summed E-state index contributed by atoms with van der Waals surface area (Å²) >= 11 is 0. The van der Waals surface area contributed by atoms with Crippen LogP contribution >= 0.6 is 0 Å². The summed E-state index contributed by atoms with van der Waals surface area (Å²) in [6.45, 7) is 4.91. The first kappa shape index (κ1) is 14.0. The summed E-state index contributed by atoms with van der Waals surface area (Å²) in [6.07, 6.45) is 3.74. The minimum absolute atomic E-state index is 0.229. The van der Waals surface area contributed by atoms with Gasteiger partial charge in [0.2, 0.25) is 0 Å². The summed E-state index contributed by atoms with van der Waals surface area (Å²) in [6, 6.07) is 15.3. The molecule has 3 rings (SSSR count). The number of ether oxygens (including phenoxy) is 1. The van der Waals surface area contributed by atoms with E-state index in [2.05, 4.69) is 42.6 Å². The van der Waals surface area contributed by atoms with Crippen molar-refractivity contribution in [3.63, 3.8) is 0 Å². The van der Waals surface area contributed by atoms with Crippen LogP contribution in [0.4, 0.5) is 5.69 Å². The molecule has 0 aromatic heterocycles. The van der Waals surface area contributed by atoms with Gasteiger partial charge >= 0.3 is 0 Å². The van der Waals surface area contributed by atoms with Crippen LogP contribution in [0.5, 0.6) is 5.75 Å². The van der Waals surface area contributed by atoms with Crippen LogP contribution in [0.3, 0.4) is 0 Å². The van der Waals surface area contributed by atoms with E-state index in [0.717, 1.165) is 5.75 Å². The number of aryl methyl sites for hydroxylation is 2. The van der Waals surface area contributed by atoms with E-state index in [1.54, 1.807) is 0 Å². The first-order chi connectivity index (χ1) is 10.3. The summed E-state index contributed by atoms with van der Waals surface area (Å²) < 4.78 is 5.73. The average molecular weight is 281 g/mol. The van der Waals surface area contributed by atoms with E-state index in [4.69, 9.17) is 4.74 Å². The molecule has 1 atom stereocenters. The van der Waals surface area contributed by atoms with Gasteiger partial charge in [0.25, 0.3) is 0 Å². The average Bonchev–Trinajstić information content (AvgIpc) is 2.95. The van der Waals surface area contributed by atoms with Crippen LogP contribution in [0.1, 0.15) is 43.0 Å². The molecule has 2 heteroatoms. The lowest BCUT2D eigenvalue weighted by Gasteiger charge is -2.19. The maximum atomic E-state index is 5.73. The molecule has 0 aliphatic heterocycles. The largest absolute Gasteiger partial charge is 0.494 e. The summed E-state index contributed by atoms with van der Waals surface area (Å²) in [5, 5.41) is 3.61. The molecule has 1 aliphatic carbocycles. The molecule has 2 aromatic carbocycles. The van der Waals surface area contributed by atoms with Crippen molar-refractivity contribution in [2.24, 2.45) is 0 Å². The van der Waals surface area contributed by atoms with Crippen molar-refractivity contribution in [1.82, 2.24) is 0 Å². The van der Waals surface area contributed by atoms with Gasteiger partial charge in [0, 0.05) is 11.3 Å². The van der Waals surface area contributed by atoms with Crippen LogP contribution in [0.25, 0.3) is 0 Å². The van der Waals surface area contributed by atoms with Crippen LogP contribution in [0, 0.1) is 0 Å². The molecule has 110 valence electrons. The van der Waals surface area contributed by atoms with E-state index < -0.39 is 0 Å². The molecule has 0 amide bonds. The SMILES string of the molecule is CCOc1ccccc1C(C)Nc1ccc2c(c1)CCC2. The Hall–Kier alpha value is -1.96. The van der Waals surface area contributed by atoms with Gasteiger partial charge in [-0.05, 0) is 62.4 Å². The molecule has 1 N–H and O–H groups in total. The number of hydrogen-bond donors (Lipinski definition) is 1. The van der Waals surface area contributed by atoms with Gasteiger partial charge in [0.05, 0.1) is 12.6 Å². The topological polar surface area (TPSA) is 21.3 Å². The maximum absolute atomic E-state index is 5.73. The first-order valence-corrected chi connectivity index (χ1v) is 7.88. The van der Waals surface area contributed by atoms with E-state index in [1.807, 2.05) is 19.1 Å².